The molecule has 0 aromatic rings. The summed E-state index contributed by atoms with van der Waals surface area (Å²) in [6.45, 7) is 10.7. The molecule has 2 amide bonds. The minimum Gasteiger partial charge on any atom is -0.340 e. The van der Waals surface area contributed by atoms with Crippen molar-refractivity contribution in [2.45, 2.75) is 71.9 Å². The van der Waals surface area contributed by atoms with Crippen LogP contribution in [0.2, 0.25) is 0 Å². The van der Waals surface area contributed by atoms with Gasteiger partial charge in [-0.3, -0.25) is 9.59 Å². The third kappa shape index (κ3) is 3.10. The Kier molecular flexibility index (Phi) is 5.39. The van der Waals surface area contributed by atoms with Crippen LogP contribution in [0, 0.1) is 5.92 Å². The fourth-order valence-electron chi connectivity index (χ4n) is 2.58. The Bertz CT molecular complexity index is 343. The van der Waals surface area contributed by atoms with Crippen LogP contribution < -0.4 is 5.32 Å². The first-order valence-electron chi connectivity index (χ1n) is 7.54. The zero-order chi connectivity index (χ0) is 14.6. The molecule has 1 aliphatic rings. The van der Waals surface area contributed by atoms with Gasteiger partial charge in [-0.1, -0.05) is 40.5 Å². The lowest BCUT2D eigenvalue weighted by Crippen LogP contribution is -2.70. The second-order valence-corrected chi connectivity index (χ2v) is 5.86. The van der Waals surface area contributed by atoms with Gasteiger partial charge in [-0.25, -0.2) is 0 Å². The van der Waals surface area contributed by atoms with E-state index in [1.165, 1.54) is 0 Å². The molecule has 0 spiro atoms. The lowest BCUT2D eigenvalue weighted by molar-refractivity contribution is -0.156. The smallest absolute Gasteiger partial charge is 0.248 e. The molecule has 1 heterocycles. The molecule has 0 saturated carbocycles. The lowest BCUT2D eigenvalue weighted by Gasteiger charge is -2.46. The molecule has 1 N–H and O–H groups in total. The van der Waals surface area contributed by atoms with Crippen molar-refractivity contribution < 1.29 is 9.59 Å². The van der Waals surface area contributed by atoms with Crippen LogP contribution in [0.15, 0.2) is 0 Å². The van der Waals surface area contributed by atoms with Gasteiger partial charge in [-0.05, 0) is 25.7 Å². The van der Waals surface area contributed by atoms with E-state index in [-0.39, 0.29) is 23.8 Å². The minimum absolute atomic E-state index is 0.00871. The first-order chi connectivity index (χ1) is 8.91. The minimum atomic E-state index is -0.727. The van der Waals surface area contributed by atoms with Crippen molar-refractivity contribution in [1.29, 1.82) is 0 Å². The summed E-state index contributed by atoms with van der Waals surface area (Å²) in [5.41, 5.74) is -0.727. The summed E-state index contributed by atoms with van der Waals surface area (Å²) in [6, 6.07) is -0.302. The molecule has 0 radical (unpaired) electrons. The predicted octanol–water partition coefficient (Wildman–Crippen LogP) is 2.33. The van der Waals surface area contributed by atoms with Crippen LogP contribution in [0.5, 0.6) is 0 Å². The largest absolute Gasteiger partial charge is 0.340 e. The maximum Gasteiger partial charge on any atom is 0.248 e. The molecular weight excluding hydrogens is 240 g/mol. The predicted molar refractivity (Wildman–Crippen MR) is 76.7 cm³/mol. The number of amides is 2. The van der Waals surface area contributed by atoms with E-state index in [0.717, 1.165) is 19.3 Å². The normalized spacial score (nSPS) is 29.3. The zero-order valence-corrected chi connectivity index (χ0v) is 13.0. The van der Waals surface area contributed by atoms with E-state index in [1.807, 2.05) is 25.7 Å². The Hall–Kier alpha value is -1.06. The van der Waals surface area contributed by atoms with Gasteiger partial charge in [-0.2, -0.15) is 0 Å². The summed E-state index contributed by atoms with van der Waals surface area (Å²) in [6.07, 6.45) is 3.51. The van der Waals surface area contributed by atoms with Gasteiger partial charge >= 0.3 is 0 Å². The molecule has 110 valence electrons. The standard InChI is InChI=1S/C15H28N2O2/c1-6-9-10-17-12(11(4)7-2)13(18)16-15(5,8-3)14(17)19/h11-12H,6-10H2,1-5H3,(H,16,18). The van der Waals surface area contributed by atoms with Gasteiger partial charge in [0.15, 0.2) is 0 Å². The van der Waals surface area contributed by atoms with Crippen LogP contribution >= 0.6 is 0 Å². The van der Waals surface area contributed by atoms with Gasteiger partial charge in [0.05, 0.1) is 0 Å². The van der Waals surface area contributed by atoms with E-state index < -0.39 is 5.54 Å². The summed E-state index contributed by atoms with van der Waals surface area (Å²) < 4.78 is 0. The third-order valence-electron chi connectivity index (χ3n) is 4.38. The monoisotopic (exact) mass is 268 g/mol. The number of unbranched alkanes of at least 4 members (excludes halogenated alkanes) is 1. The van der Waals surface area contributed by atoms with Crippen molar-refractivity contribution >= 4 is 11.8 Å². The van der Waals surface area contributed by atoms with Crippen molar-refractivity contribution in [2.75, 3.05) is 6.54 Å². The molecule has 4 nitrogen and oxygen atoms in total. The molecule has 3 atom stereocenters. The molecule has 19 heavy (non-hydrogen) atoms. The number of carbonyl (C=O) groups is 2. The van der Waals surface area contributed by atoms with Crippen LogP contribution in [0.3, 0.4) is 0 Å². The number of nitrogens with zero attached hydrogens (tertiary/aromatic N) is 1. The summed E-state index contributed by atoms with van der Waals surface area (Å²) in [5, 5.41) is 2.93. The van der Waals surface area contributed by atoms with Gasteiger partial charge in [0.2, 0.25) is 11.8 Å². The van der Waals surface area contributed by atoms with Gasteiger partial charge in [0.25, 0.3) is 0 Å². The van der Waals surface area contributed by atoms with Crippen LogP contribution in [0.4, 0.5) is 0 Å². The molecule has 4 heteroatoms. The molecule has 0 aliphatic carbocycles. The highest BCUT2D eigenvalue weighted by molar-refractivity contribution is 5.99. The summed E-state index contributed by atoms with van der Waals surface area (Å²) in [7, 11) is 0. The molecule has 0 aromatic carbocycles. The molecular formula is C15H28N2O2. The summed E-state index contributed by atoms with van der Waals surface area (Å²) >= 11 is 0. The van der Waals surface area contributed by atoms with E-state index in [9.17, 15) is 9.59 Å². The topological polar surface area (TPSA) is 49.4 Å². The quantitative estimate of drug-likeness (QED) is 0.803. The number of rotatable bonds is 6. The Morgan fingerprint density at radius 1 is 1.32 bits per heavy atom. The number of hydrogen-bond donors (Lipinski definition) is 1. The van der Waals surface area contributed by atoms with E-state index in [1.54, 1.807) is 0 Å². The zero-order valence-electron chi connectivity index (χ0n) is 13.0. The van der Waals surface area contributed by atoms with Gasteiger partial charge < -0.3 is 10.2 Å². The highest BCUT2D eigenvalue weighted by Crippen LogP contribution is 2.26. The van der Waals surface area contributed by atoms with Crippen molar-refractivity contribution in [3.8, 4) is 0 Å². The number of piperazine rings is 1. The Morgan fingerprint density at radius 3 is 2.42 bits per heavy atom. The second kappa shape index (κ2) is 6.40. The Balaban J connectivity index is 3.03. The molecule has 1 saturated heterocycles. The molecule has 0 aromatic heterocycles. The van der Waals surface area contributed by atoms with Gasteiger partial charge in [-0.15, -0.1) is 0 Å². The number of nitrogens with one attached hydrogen (secondary N) is 1. The first kappa shape index (κ1) is 16.0. The summed E-state index contributed by atoms with van der Waals surface area (Å²) in [4.78, 5) is 26.9. The van der Waals surface area contributed by atoms with E-state index in [0.29, 0.717) is 13.0 Å². The van der Waals surface area contributed by atoms with E-state index >= 15 is 0 Å². The SMILES string of the molecule is CCCCN1C(=O)C(C)(CC)NC(=O)C1C(C)CC. The third-order valence-corrected chi connectivity index (χ3v) is 4.38. The molecule has 0 bridgehead atoms. The summed E-state index contributed by atoms with van der Waals surface area (Å²) in [5.74, 6) is 0.282. The molecule has 1 fully saturated rings. The average Bonchev–Trinajstić information content (AvgIpc) is 2.40. The Labute approximate surface area is 116 Å². The molecule has 1 rings (SSSR count). The highest BCUT2D eigenvalue weighted by Gasteiger charge is 2.47. The van der Waals surface area contributed by atoms with Crippen molar-refractivity contribution in [3.05, 3.63) is 0 Å². The second-order valence-electron chi connectivity index (χ2n) is 5.86. The van der Waals surface area contributed by atoms with Crippen LogP contribution in [0.1, 0.15) is 60.3 Å². The highest BCUT2D eigenvalue weighted by atomic mass is 16.2. The number of hydrogen-bond acceptors (Lipinski definition) is 2. The fourth-order valence-corrected chi connectivity index (χ4v) is 2.58. The van der Waals surface area contributed by atoms with Crippen molar-refractivity contribution in [2.24, 2.45) is 5.92 Å². The average molecular weight is 268 g/mol. The fraction of sp³-hybridized carbons (Fsp3) is 0.867. The number of carbonyl (C=O) groups excluding carboxylic acids is 2. The van der Waals surface area contributed by atoms with E-state index in [2.05, 4.69) is 19.2 Å². The van der Waals surface area contributed by atoms with Gasteiger partial charge in [0.1, 0.15) is 11.6 Å². The van der Waals surface area contributed by atoms with Gasteiger partial charge in [0, 0.05) is 6.54 Å². The van der Waals surface area contributed by atoms with Crippen LogP contribution in [-0.2, 0) is 9.59 Å². The van der Waals surface area contributed by atoms with Crippen LogP contribution in [-0.4, -0.2) is 34.8 Å². The van der Waals surface area contributed by atoms with E-state index in [4.69, 9.17) is 0 Å². The lowest BCUT2D eigenvalue weighted by atomic mass is 9.87. The maximum absolute atomic E-state index is 12.7. The van der Waals surface area contributed by atoms with Crippen LogP contribution in [0.25, 0.3) is 0 Å². The van der Waals surface area contributed by atoms with Crippen molar-refractivity contribution in [1.82, 2.24) is 10.2 Å². The molecule has 1 aliphatic heterocycles. The molecule has 3 unspecified atom stereocenters. The maximum atomic E-state index is 12.7. The first-order valence-corrected chi connectivity index (χ1v) is 7.54. The van der Waals surface area contributed by atoms with Crippen molar-refractivity contribution in [3.63, 3.8) is 0 Å². The Morgan fingerprint density at radius 2 is 1.95 bits per heavy atom.